The highest BCUT2D eigenvalue weighted by Crippen LogP contribution is 2.26. The average molecular weight is 354 g/mol. The Morgan fingerprint density at radius 3 is 2.88 bits per heavy atom. The monoisotopic (exact) mass is 353 g/mol. The van der Waals surface area contributed by atoms with Crippen molar-refractivity contribution in [1.29, 1.82) is 0 Å². The Bertz CT molecular complexity index is 989. The molecule has 0 aliphatic rings. The van der Waals surface area contributed by atoms with Crippen molar-refractivity contribution in [1.82, 2.24) is 4.98 Å². The first-order valence-electron chi connectivity index (χ1n) is 7.28. The zero-order chi connectivity index (χ0) is 16.4. The minimum absolute atomic E-state index is 0.651. The summed E-state index contributed by atoms with van der Waals surface area (Å²) in [6.45, 7) is 0. The molecule has 0 bridgehead atoms. The SMILES string of the molecule is Clc1cccc(-c2ccc(/C=N/Nc3nc4ccccc4s3)o2)c1. The van der Waals surface area contributed by atoms with Crippen LogP contribution in [0.1, 0.15) is 5.76 Å². The number of hydrogen-bond donors (Lipinski definition) is 1. The summed E-state index contributed by atoms with van der Waals surface area (Å²) in [6.07, 6.45) is 1.63. The van der Waals surface area contributed by atoms with E-state index in [1.807, 2.05) is 60.7 Å². The Labute approximate surface area is 147 Å². The van der Waals surface area contributed by atoms with Crippen LogP contribution < -0.4 is 5.43 Å². The van der Waals surface area contributed by atoms with Crippen LogP contribution in [-0.2, 0) is 0 Å². The van der Waals surface area contributed by atoms with E-state index < -0.39 is 0 Å². The van der Waals surface area contributed by atoms with Gasteiger partial charge in [-0.2, -0.15) is 5.10 Å². The molecular formula is C18H12ClN3OS. The van der Waals surface area contributed by atoms with Gasteiger partial charge in [0.2, 0.25) is 5.13 Å². The van der Waals surface area contributed by atoms with Crippen LogP contribution in [0.3, 0.4) is 0 Å². The van der Waals surface area contributed by atoms with Crippen molar-refractivity contribution in [2.45, 2.75) is 0 Å². The van der Waals surface area contributed by atoms with E-state index in [1.54, 1.807) is 17.6 Å². The molecular weight excluding hydrogens is 342 g/mol. The Kier molecular flexibility index (Phi) is 4.02. The summed E-state index contributed by atoms with van der Waals surface area (Å²) < 4.78 is 6.88. The number of fused-ring (bicyclic) bond motifs is 1. The molecule has 0 atom stereocenters. The van der Waals surface area contributed by atoms with Crippen molar-refractivity contribution in [3.63, 3.8) is 0 Å². The van der Waals surface area contributed by atoms with E-state index in [1.165, 1.54) is 0 Å². The van der Waals surface area contributed by atoms with Crippen molar-refractivity contribution < 1.29 is 4.42 Å². The topological polar surface area (TPSA) is 50.4 Å². The quantitative estimate of drug-likeness (QED) is 0.380. The van der Waals surface area contributed by atoms with Gasteiger partial charge in [-0.15, -0.1) is 0 Å². The molecule has 4 aromatic rings. The van der Waals surface area contributed by atoms with Crippen molar-refractivity contribution >= 4 is 44.5 Å². The number of hydrogen-bond acceptors (Lipinski definition) is 5. The van der Waals surface area contributed by atoms with E-state index in [4.69, 9.17) is 16.0 Å². The Morgan fingerprint density at radius 2 is 2.00 bits per heavy atom. The molecule has 1 N–H and O–H groups in total. The van der Waals surface area contributed by atoms with Gasteiger partial charge < -0.3 is 4.42 Å². The van der Waals surface area contributed by atoms with Crippen molar-refractivity contribution in [3.05, 3.63) is 71.4 Å². The lowest BCUT2D eigenvalue weighted by molar-refractivity contribution is 0.575. The molecule has 0 aliphatic carbocycles. The summed E-state index contributed by atoms with van der Waals surface area (Å²) in [5.74, 6) is 1.40. The molecule has 0 radical (unpaired) electrons. The molecule has 0 fully saturated rings. The van der Waals surface area contributed by atoms with Crippen LogP contribution in [0.4, 0.5) is 5.13 Å². The lowest BCUT2D eigenvalue weighted by Gasteiger charge is -1.96. The third kappa shape index (κ3) is 3.18. The molecule has 4 rings (SSSR count). The number of rotatable bonds is 4. The van der Waals surface area contributed by atoms with Crippen LogP contribution in [-0.4, -0.2) is 11.2 Å². The summed E-state index contributed by atoms with van der Waals surface area (Å²) in [7, 11) is 0. The Hall–Kier alpha value is -2.63. The van der Waals surface area contributed by atoms with Crippen LogP contribution in [0.15, 0.2) is 70.2 Å². The predicted octanol–water partition coefficient (Wildman–Crippen LogP) is 5.66. The second kappa shape index (κ2) is 6.47. The molecule has 118 valence electrons. The molecule has 2 aromatic heterocycles. The number of furan rings is 1. The first-order valence-corrected chi connectivity index (χ1v) is 8.48. The summed E-state index contributed by atoms with van der Waals surface area (Å²) in [4.78, 5) is 4.45. The maximum absolute atomic E-state index is 6.00. The average Bonchev–Trinajstić information content (AvgIpc) is 3.21. The summed E-state index contributed by atoms with van der Waals surface area (Å²) >= 11 is 7.56. The van der Waals surface area contributed by atoms with Gasteiger partial charge in [-0.3, -0.25) is 5.43 Å². The summed E-state index contributed by atoms with van der Waals surface area (Å²) in [6, 6.07) is 19.3. The lowest BCUT2D eigenvalue weighted by Crippen LogP contribution is -1.88. The van der Waals surface area contributed by atoms with Crippen LogP contribution in [0.2, 0.25) is 5.02 Å². The molecule has 2 aromatic carbocycles. The molecule has 0 spiro atoms. The number of para-hydroxylation sites is 1. The summed E-state index contributed by atoms with van der Waals surface area (Å²) in [5.41, 5.74) is 4.83. The normalized spacial score (nSPS) is 11.4. The highest BCUT2D eigenvalue weighted by molar-refractivity contribution is 7.22. The number of hydrazone groups is 1. The number of nitrogens with one attached hydrogen (secondary N) is 1. The van der Waals surface area contributed by atoms with E-state index in [0.717, 1.165) is 26.7 Å². The molecule has 0 saturated carbocycles. The molecule has 24 heavy (non-hydrogen) atoms. The fourth-order valence-electron chi connectivity index (χ4n) is 2.29. The zero-order valence-corrected chi connectivity index (χ0v) is 14.0. The molecule has 6 heteroatoms. The predicted molar refractivity (Wildman–Crippen MR) is 100.0 cm³/mol. The van der Waals surface area contributed by atoms with Gasteiger partial charge in [0.25, 0.3) is 0 Å². The number of halogens is 1. The highest BCUT2D eigenvalue weighted by Gasteiger charge is 2.04. The van der Waals surface area contributed by atoms with Crippen molar-refractivity contribution in [2.24, 2.45) is 5.10 Å². The first-order chi connectivity index (χ1) is 11.8. The molecule has 0 amide bonds. The number of aromatic nitrogens is 1. The minimum Gasteiger partial charge on any atom is -0.455 e. The maximum Gasteiger partial charge on any atom is 0.204 e. The van der Waals surface area contributed by atoms with Gasteiger partial charge in [0.1, 0.15) is 11.5 Å². The van der Waals surface area contributed by atoms with Gasteiger partial charge in [-0.05, 0) is 36.4 Å². The van der Waals surface area contributed by atoms with Crippen LogP contribution >= 0.6 is 22.9 Å². The number of thiazole rings is 1. The number of nitrogens with zero attached hydrogens (tertiary/aromatic N) is 2. The first kappa shape index (κ1) is 14.9. The highest BCUT2D eigenvalue weighted by atomic mass is 35.5. The number of anilines is 1. The fourth-order valence-corrected chi connectivity index (χ4v) is 3.30. The van der Waals surface area contributed by atoms with Gasteiger partial charge in [-0.25, -0.2) is 4.98 Å². The van der Waals surface area contributed by atoms with Crippen molar-refractivity contribution in [2.75, 3.05) is 5.43 Å². The van der Waals surface area contributed by atoms with Crippen LogP contribution in [0, 0.1) is 0 Å². The third-order valence-electron chi connectivity index (χ3n) is 3.38. The third-order valence-corrected chi connectivity index (χ3v) is 4.56. The number of benzene rings is 2. The Balaban J connectivity index is 1.48. The molecule has 2 heterocycles. The largest absolute Gasteiger partial charge is 0.455 e. The second-order valence-corrected chi connectivity index (χ2v) is 6.54. The van der Waals surface area contributed by atoms with Crippen LogP contribution in [0.5, 0.6) is 0 Å². The molecule has 0 unspecified atom stereocenters. The van der Waals surface area contributed by atoms with E-state index in [-0.39, 0.29) is 0 Å². The molecule has 4 nitrogen and oxygen atoms in total. The van der Waals surface area contributed by atoms with E-state index >= 15 is 0 Å². The van der Waals surface area contributed by atoms with E-state index in [9.17, 15) is 0 Å². The van der Waals surface area contributed by atoms with Crippen LogP contribution in [0.25, 0.3) is 21.5 Å². The second-order valence-electron chi connectivity index (χ2n) is 5.07. The standard InChI is InChI=1S/C18H12ClN3OS/c19-13-5-3-4-12(10-13)16-9-8-14(23-16)11-20-22-18-21-15-6-1-2-7-17(15)24-18/h1-11H,(H,21,22)/b20-11+. The minimum atomic E-state index is 0.651. The van der Waals surface area contributed by atoms with Gasteiger partial charge in [0, 0.05) is 10.6 Å². The smallest absolute Gasteiger partial charge is 0.204 e. The van der Waals surface area contributed by atoms with Gasteiger partial charge in [-0.1, -0.05) is 47.2 Å². The van der Waals surface area contributed by atoms with Crippen molar-refractivity contribution in [3.8, 4) is 11.3 Å². The molecule has 0 saturated heterocycles. The van der Waals surface area contributed by atoms with E-state index in [2.05, 4.69) is 15.5 Å². The maximum atomic E-state index is 6.00. The zero-order valence-electron chi connectivity index (χ0n) is 12.4. The fraction of sp³-hybridized carbons (Fsp3) is 0. The lowest BCUT2D eigenvalue weighted by atomic mass is 10.2. The van der Waals surface area contributed by atoms with Gasteiger partial charge >= 0.3 is 0 Å². The summed E-state index contributed by atoms with van der Waals surface area (Å²) in [5, 5.41) is 5.61. The molecule has 0 aliphatic heterocycles. The Morgan fingerprint density at radius 1 is 1.08 bits per heavy atom. The van der Waals surface area contributed by atoms with E-state index in [0.29, 0.717) is 10.8 Å². The van der Waals surface area contributed by atoms with Gasteiger partial charge in [0.15, 0.2) is 0 Å². The van der Waals surface area contributed by atoms with Gasteiger partial charge in [0.05, 0.1) is 16.4 Å².